The highest BCUT2D eigenvalue weighted by Crippen LogP contribution is 2.28. The first-order valence-corrected chi connectivity index (χ1v) is 8.26. The van der Waals surface area contributed by atoms with Gasteiger partial charge < -0.3 is 14.3 Å². The highest BCUT2D eigenvalue weighted by molar-refractivity contribution is 6.07. The van der Waals surface area contributed by atoms with Gasteiger partial charge in [-0.3, -0.25) is 9.69 Å². The van der Waals surface area contributed by atoms with Crippen molar-refractivity contribution in [3.05, 3.63) is 46.4 Å². The lowest BCUT2D eigenvalue weighted by atomic mass is 10.1. The van der Waals surface area contributed by atoms with Crippen LogP contribution in [0.25, 0.3) is 21.8 Å². The molecule has 0 radical (unpaired) electrons. The number of pyridine rings is 1. The van der Waals surface area contributed by atoms with Crippen LogP contribution in [0.15, 0.2) is 35.3 Å². The lowest BCUT2D eigenvalue weighted by molar-refractivity contribution is 0.0366. The van der Waals surface area contributed by atoms with Crippen molar-refractivity contribution in [2.75, 3.05) is 32.8 Å². The fraction of sp³-hybridized carbons (Fsp3) is 0.389. The van der Waals surface area contributed by atoms with Crippen LogP contribution in [0.4, 0.5) is 4.39 Å². The number of morpholine rings is 1. The molecule has 1 saturated heterocycles. The molecule has 1 N–H and O–H groups in total. The first kappa shape index (κ1) is 15.4. The van der Waals surface area contributed by atoms with Gasteiger partial charge in [0.15, 0.2) is 5.43 Å². The van der Waals surface area contributed by atoms with Crippen molar-refractivity contribution < 1.29 is 9.13 Å². The summed E-state index contributed by atoms with van der Waals surface area (Å²) in [4.78, 5) is 17.2. The van der Waals surface area contributed by atoms with Crippen molar-refractivity contribution in [1.82, 2.24) is 14.5 Å². The maximum absolute atomic E-state index is 13.0. The molecule has 4 rings (SSSR count). The zero-order valence-electron chi connectivity index (χ0n) is 13.4. The number of hydrogen-bond donors (Lipinski definition) is 1. The number of alkyl halides is 1. The van der Waals surface area contributed by atoms with Crippen LogP contribution >= 0.6 is 0 Å². The van der Waals surface area contributed by atoms with Gasteiger partial charge in [0.05, 0.1) is 24.2 Å². The average Bonchev–Trinajstić information content (AvgIpc) is 2.92. The van der Waals surface area contributed by atoms with E-state index in [4.69, 9.17) is 4.74 Å². The summed E-state index contributed by atoms with van der Waals surface area (Å²) in [5.74, 6) is 0. The lowest BCUT2D eigenvalue weighted by Gasteiger charge is -2.26. The third kappa shape index (κ3) is 2.72. The minimum Gasteiger partial charge on any atom is -0.379 e. The summed E-state index contributed by atoms with van der Waals surface area (Å²) in [7, 11) is 0. The summed E-state index contributed by atoms with van der Waals surface area (Å²) in [5.41, 5.74) is 2.45. The highest BCUT2D eigenvalue weighted by Gasteiger charge is 2.14. The Balaban J connectivity index is 1.78. The van der Waals surface area contributed by atoms with Crippen molar-refractivity contribution in [2.24, 2.45) is 0 Å². The van der Waals surface area contributed by atoms with Crippen LogP contribution in [0.2, 0.25) is 0 Å². The summed E-state index contributed by atoms with van der Waals surface area (Å²) >= 11 is 0. The molecule has 0 spiro atoms. The fourth-order valence-corrected chi connectivity index (χ4v) is 3.44. The molecule has 2 aromatic heterocycles. The monoisotopic (exact) mass is 329 g/mol. The second-order valence-corrected chi connectivity index (χ2v) is 6.18. The molecule has 0 bridgehead atoms. The molecule has 5 nitrogen and oxygen atoms in total. The van der Waals surface area contributed by atoms with Gasteiger partial charge in [-0.1, -0.05) is 0 Å². The summed E-state index contributed by atoms with van der Waals surface area (Å²) in [6.45, 7) is 4.56. The van der Waals surface area contributed by atoms with Crippen LogP contribution in [0.3, 0.4) is 0 Å². The van der Waals surface area contributed by atoms with Crippen LogP contribution < -0.4 is 5.43 Å². The molecular formula is C18H20FN3O2. The standard InChI is InChI=1S/C18H20FN3O2/c19-11-13-9-16-15-2-1-14(23)10-17(15)22(18(16)12-20-13)4-3-21-5-7-24-8-6-21/h1-2,9-10,12,20H,3-8,11H2. The quantitative estimate of drug-likeness (QED) is 0.799. The molecule has 3 heterocycles. The second-order valence-electron chi connectivity index (χ2n) is 6.18. The molecular weight excluding hydrogens is 309 g/mol. The Morgan fingerprint density at radius 1 is 1.08 bits per heavy atom. The molecule has 24 heavy (non-hydrogen) atoms. The van der Waals surface area contributed by atoms with Gasteiger partial charge >= 0.3 is 0 Å². The molecule has 6 heteroatoms. The number of benzene rings is 1. The zero-order valence-corrected chi connectivity index (χ0v) is 13.4. The molecule has 1 fully saturated rings. The van der Waals surface area contributed by atoms with E-state index in [9.17, 15) is 9.18 Å². The van der Waals surface area contributed by atoms with E-state index in [1.165, 1.54) is 0 Å². The van der Waals surface area contributed by atoms with Crippen molar-refractivity contribution in [3.8, 4) is 0 Å². The third-order valence-corrected chi connectivity index (χ3v) is 4.72. The molecule has 1 aliphatic heterocycles. The number of fused-ring (bicyclic) bond motifs is 3. The third-order valence-electron chi connectivity index (χ3n) is 4.72. The average molecular weight is 329 g/mol. The number of aromatic nitrogens is 2. The smallest absolute Gasteiger partial charge is 0.180 e. The van der Waals surface area contributed by atoms with E-state index in [-0.39, 0.29) is 5.43 Å². The number of nitrogens with zero attached hydrogens (tertiary/aromatic N) is 2. The topological polar surface area (TPSA) is 50.3 Å². The summed E-state index contributed by atoms with van der Waals surface area (Å²) in [5, 5.41) is 1.98. The first-order valence-electron chi connectivity index (χ1n) is 8.26. The normalized spacial score (nSPS) is 16.2. The number of rotatable bonds is 4. The summed E-state index contributed by atoms with van der Waals surface area (Å²) < 4.78 is 20.5. The Morgan fingerprint density at radius 2 is 1.92 bits per heavy atom. The van der Waals surface area contributed by atoms with E-state index < -0.39 is 6.67 Å². The maximum Gasteiger partial charge on any atom is 0.180 e. The van der Waals surface area contributed by atoms with Crippen molar-refractivity contribution >= 4 is 21.8 Å². The van der Waals surface area contributed by atoms with Gasteiger partial charge in [0.2, 0.25) is 0 Å². The summed E-state index contributed by atoms with van der Waals surface area (Å²) in [6, 6.07) is 6.92. The highest BCUT2D eigenvalue weighted by atomic mass is 19.1. The Labute approximate surface area is 138 Å². The van der Waals surface area contributed by atoms with Crippen LogP contribution in [0, 0.1) is 0 Å². The number of ether oxygens (including phenoxy) is 1. The summed E-state index contributed by atoms with van der Waals surface area (Å²) in [6.07, 6.45) is 1.84. The minimum absolute atomic E-state index is 0.00683. The van der Waals surface area contributed by atoms with Crippen LogP contribution in [-0.2, 0) is 18.0 Å². The van der Waals surface area contributed by atoms with Crippen molar-refractivity contribution in [1.29, 1.82) is 0 Å². The molecule has 0 unspecified atom stereocenters. The van der Waals surface area contributed by atoms with Crippen molar-refractivity contribution in [2.45, 2.75) is 13.2 Å². The second kappa shape index (κ2) is 6.37. The van der Waals surface area contributed by atoms with Gasteiger partial charge in [0.1, 0.15) is 6.67 Å². The number of H-pyrrole nitrogens is 1. The molecule has 0 amide bonds. The number of aromatic amines is 1. The predicted molar refractivity (Wildman–Crippen MR) is 92.1 cm³/mol. The van der Waals surface area contributed by atoms with Gasteiger partial charge in [-0.25, -0.2) is 4.39 Å². The van der Waals surface area contributed by atoms with Gasteiger partial charge in [-0.2, -0.15) is 0 Å². The van der Waals surface area contributed by atoms with E-state index in [1.54, 1.807) is 12.1 Å². The zero-order chi connectivity index (χ0) is 16.5. The van der Waals surface area contributed by atoms with E-state index in [1.807, 2.05) is 18.3 Å². The number of hydrogen-bond acceptors (Lipinski definition) is 3. The Hall–Kier alpha value is -2.18. The van der Waals surface area contributed by atoms with Gasteiger partial charge in [-0.05, 0) is 18.2 Å². The van der Waals surface area contributed by atoms with Crippen LogP contribution in [-0.4, -0.2) is 47.3 Å². The molecule has 0 aliphatic carbocycles. The molecule has 3 aromatic rings. The van der Waals surface area contributed by atoms with E-state index in [0.29, 0.717) is 5.69 Å². The molecule has 0 saturated carbocycles. The SMILES string of the molecule is O=c1ccc2c3cc(CF)[nH]cc3n(CCN3CCOCC3)c2c1. The lowest BCUT2D eigenvalue weighted by Crippen LogP contribution is -2.38. The Morgan fingerprint density at radius 3 is 2.71 bits per heavy atom. The minimum atomic E-state index is -0.532. The molecule has 1 aromatic carbocycles. The van der Waals surface area contributed by atoms with Gasteiger partial charge in [0, 0.05) is 54.9 Å². The van der Waals surface area contributed by atoms with Crippen LogP contribution in [0.5, 0.6) is 0 Å². The largest absolute Gasteiger partial charge is 0.379 e. The molecule has 0 atom stereocenters. The predicted octanol–water partition coefficient (Wildman–Crippen LogP) is 2.28. The molecule has 126 valence electrons. The van der Waals surface area contributed by atoms with Crippen molar-refractivity contribution in [3.63, 3.8) is 0 Å². The number of halogens is 1. The van der Waals surface area contributed by atoms with E-state index in [2.05, 4.69) is 14.5 Å². The Bertz CT molecular complexity index is 925. The van der Waals surface area contributed by atoms with E-state index in [0.717, 1.165) is 61.2 Å². The Kier molecular flexibility index (Phi) is 4.08. The maximum atomic E-state index is 13.0. The number of nitrogens with one attached hydrogen (secondary N) is 1. The van der Waals surface area contributed by atoms with Crippen LogP contribution in [0.1, 0.15) is 5.69 Å². The van der Waals surface area contributed by atoms with Gasteiger partial charge in [-0.15, -0.1) is 0 Å². The molecule has 1 aliphatic rings. The fourth-order valence-electron chi connectivity index (χ4n) is 3.44. The van der Waals surface area contributed by atoms with Gasteiger partial charge in [0.25, 0.3) is 0 Å². The first-order chi connectivity index (χ1) is 11.8. The van der Waals surface area contributed by atoms with E-state index >= 15 is 0 Å².